The Balaban J connectivity index is 0.00000288. The van der Waals surface area contributed by atoms with E-state index < -0.39 is 5.60 Å². The number of nitrogens with one attached hydrogen (secondary N) is 2. The van der Waals surface area contributed by atoms with Crippen LogP contribution < -0.4 is 15.4 Å². The smallest absolute Gasteiger partial charge is 0.191 e. The number of ether oxygens (including phenoxy) is 1. The van der Waals surface area contributed by atoms with Gasteiger partial charge < -0.3 is 20.5 Å². The molecule has 0 aliphatic carbocycles. The summed E-state index contributed by atoms with van der Waals surface area (Å²) in [7, 11) is 0. The normalized spacial score (nSPS) is 20.3. The third kappa shape index (κ3) is 7.94. The van der Waals surface area contributed by atoms with Crippen molar-refractivity contribution in [1.29, 1.82) is 0 Å². The van der Waals surface area contributed by atoms with Gasteiger partial charge in [-0.05, 0) is 37.7 Å². The molecule has 1 aliphatic heterocycles. The zero-order chi connectivity index (χ0) is 16.4. The van der Waals surface area contributed by atoms with Crippen molar-refractivity contribution in [3.8, 4) is 5.75 Å². The average Bonchev–Trinajstić information content (AvgIpc) is 3.00. The van der Waals surface area contributed by atoms with Crippen LogP contribution in [0, 0.1) is 0 Å². The Morgan fingerprint density at radius 3 is 2.79 bits per heavy atom. The number of benzene rings is 1. The fourth-order valence-electron chi connectivity index (χ4n) is 2.27. The number of hydrogen-bond acceptors (Lipinski definition) is 4. The summed E-state index contributed by atoms with van der Waals surface area (Å²) in [6, 6.07) is 9.83. The van der Waals surface area contributed by atoms with E-state index in [1.807, 2.05) is 37.3 Å². The van der Waals surface area contributed by atoms with Crippen molar-refractivity contribution in [2.75, 3.05) is 37.7 Å². The van der Waals surface area contributed by atoms with Gasteiger partial charge in [-0.2, -0.15) is 11.8 Å². The molecular weight excluding hydrogens is 437 g/mol. The molecule has 1 unspecified atom stereocenters. The number of hydrogen-bond donors (Lipinski definition) is 3. The molecule has 1 atom stereocenters. The molecule has 0 spiro atoms. The van der Waals surface area contributed by atoms with E-state index >= 15 is 0 Å². The summed E-state index contributed by atoms with van der Waals surface area (Å²) in [6.45, 7) is 4.74. The highest BCUT2D eigenvalue weighted by Gasteiger charge is 2.31. The van der Waals surface area contributed by atoms with Gasteiger partial charge in [0.15, 0.2) is 5.96 Å². The second-order valence-corrected chi connectivity index (χ2v) is 6.77. The maximum atomic E-state index is 10.3. The fourth-order valence-corrected chi connectivity index (χ4v) is 3.56. The van der Waals surface area contributed by atoms with Crippen molar-refractivity contribution in [3.63, 3.8) is 0 Å². The van der Waals surface area contributed by atoms with Gasteiger partial charge in [0, 0.05) is 18.8 Å². The lowest BCUT2D eigenvalue weighted by Gasteiger charge is -2.19. The van der Waals surface area contributed by atoms with Crippen molar-refractivity contribution < 1.29 is 9.84 Å². The zero-order valence-corrected chi connectivity index (χ0v) is 17.3. The van der Waals surface area contributed by atoms with E-state index in [0.29, 0.717) is 13.2 Å². The van der Waals surface area contributed by atoms with E-state index in [1.165, 1.54) is 0 Å². The first-order valence-electron chi connectivity index (χ1n) is 8.22. The Hall–Kier alpha value is -0.670. The lowest BCUT2D eigenvalue weighted by molar-refractivity contribution is 0.0778. The Morgan fingerprint density at radius 2 is 2.12 bits per heavy atom. The minimum Gasteiger partial charge on any atom is -0.494 e. The van der Waals surface area contributed by atoms with Crippen LogP contribution in [0.15, 0.2) is 35.3 Å². The first kappa shape index (κ1) is 21.4. The topological polar surface area (TPSA) is 65.9 Å². The van der Waals surface area contributed by atoms with Crippen LogP contribution in [0.5, 0.6) is 5.75 Å². The molecule has 24 heavy (non-hydrogen) atoms. The van der Waals surface area contributed by atoms with Gasteiger partial charge in [-0.3, -0.25) is 4.99 Å². The van der Waals surface area contributed by atoms with Crippen LogP contribution in [-0.4, -0.2) is 54.4 Å². The lowest BCUT2D eigenvalue weighted by atomic mass is 10.1. The molecule has 1 saturated heterocycles. The van der Waals surface area contributed by atoms with Gasteiger partial charge in [0.2, 0.25) is 0 Å². The molecule has 136 valence electrons. The van der Waals surface area contributed by atoms with Crippen molar-refractivity contribution in [3.05, 3.63) is 30.3 Å². The van der Waals surface area contributed by atoms with Gasteiger partial charge in [0.25, 0.3) is 0 Å². The highest BCUT2D eigenvalue weighted by molar-refractivity contribution is 14.0. The van der Waals surface area contributed by atoms with E-state index in [4.69, 9.17) is 4.74 Å². The van der Waals surface area contributed by atoms with Crippen molar-refractivity contribution in [2.24, 2.45) is 4.99 Å². The van der Waals surface area contributed by atoms with Gasteiger partial charge in [-0.1, -0.05) is 18.2 Å². The Labute approximate surface area is 166 Å². The second kappa shape index (κ2) is 11.8. The molecule has 1 aliphatic rings. The largest absolute Gasteiger partial charge is 0.494 e. The standard InChI is InChI=1S/C17H27N3O2S.HI/c1-2-18-16(20-13-17(21)9-12-23-14-17)19-10-6-11-22-15-7-4-3-5-8-15;/h3-5,7-8,21H,2,6,9-14H2,1H3,(H2,18,19,20);1H. The molecule has 0 bridgehead atoms. The van der Waals surface area contributed by atoms with E-state index in [0.717, 1.165) is 49.1 Å². The maximum absolute atomic E-state index is 10.3. The van der Waals surface area contributed by atoms with Crippen LogP contribution >= 0.6 is 35.7 Å². The van der Waals surface area contributed by atoms with Gasteiger partial charge >= 0.3 is 0 Å². The predicted molar refractivity (Wildman–Crippen MR) is 113 cm³/mol. The van der Waals surface area contributed by atoms with Crippen molar-refractivity contribution in [1.82, 2.24) is 10.6 Å². The molecule has 1 fully saturated rings. The SMILES string of the molecule is CCNC(=NCC1(O)CCSC1)NCCCOc1ccccc1.I. The van der Waals surface area contributed by atoms with Crippen LogP contribution in [0.4, 0.5) is 0 Å². The number of guanidine groups is 1. The monoisotopic (exact) mass is 465 g/mol. The van der Waals surface area contributed by atoms with Crippen LogP contribution in [0.3, 0.4) is 0 Å². The third-order valence-electron chi connectivity index (χ3n) is 3.58. The van der Waals surface area contributed by atoms with E-state index in [2.05, 4.69) is 15.6 Å². The minimum absolute atomic E-state index is 0. The summed E-state index contributed by atoms with van der Waals surface area (Å²) in [4.78, 5) is 4.51. The van der Waals surface area contributed by atoms with E-state index in [1.54, 1.807) is 11.8 Å². The molecule has 0 saturated carbocycles. The molecule has 0 amide bonds. The summed E-state index contributed by atoms with van der Waals surface area (Å²) in [5.74, 6) is 3.46. The molecule has 0 aromatic heterocycles. The van der Waals surface area contributed by atoms with Crippen molar-refractivity contribution in [2.45, 2.75) is 25.4 Å². The molecule has 5 nitrogen and oxygen atoms in total. The second-order valence-electron chi connectivity index (χ2n) is 5.66. The Bertz CT molecular complexity index is 482. The number of para-hydroxylation sites is 1. The summed E-state index contributed by atoms with van der Waals surface area (Å²) >= 11 is 1.79. The van der Waals surface area contributed by atoms with E-state index in [9.17, 15) is 5.11 Å². The number of rotatable bonds is 8. The Morgan fingerprint density at radius 1 is 1.33 bits per heavy atom. The Kier molecular flexibility index (Phi) is 10.5. The lowest BCUT2D eigenvalue weighted by Crippen LogP contribution is -2.40. The van der Waals surface area contributed by atoms with Crippen LogP contribution in [-0.2, 0) is 0 Å². The number of nitrogens with zero attached hydrogens (tertiary/aromatic N) is 1. The number of aliphatic hydroxyl groups is 1. The first-order valence-corrected chi connectivity index (χ1v) is 9.37. The van der Waals surface area contributed by atoms with Crippen molar-refractivity contribution >= 4 is 41.7 Å². The number of halogens is 1. The number of aliphatic imine (C=N–C) groups is 1. The quantitative estimate of drug-likeness (QED) is 0.238. The first-order chi connectivity index (χ1) is 11.2. The van der Waals surface area contributed by atoms with Gasteiger partial charge in [0.05, 0.1) is 18.8 Å². The van der Waals surface area contributed by atoms with Gasteiger partial charge in [-0.25, -0.2) is 0 Å². The van der Waals surface area contributed by atoms with Gasteiger partial charge in [0.1, 0.15) is 5.75 Å². The average molecular weight is 465 g/mol. The molecule has 7 heteroatoms. The highest BCUT2D eigenvalue weighted by Crippen LogP contribution is 2.27. The third-order valence-corrected chi connectivity index (χ3v) is 4.82. The molecule has 1 aromatic rings. The molecule has 1 aromatic carbocycles. The number of thioether (sulfide) groups is 1. The predicted octanol–water partition coefficient (Wildman–Crippen LogP) is 2.50. The highest BCUT2D eigenvalue weighted by atomic mass is 127. The van der Waals surface area contributed by atoms with Crippen LogP contribution in [0.1, 0.15) is 19.8 Å². The summed E-state index contributed by atoms with van der Waals surface area (Å²) in [5, 5.41) is 16.8. The van der Waals surface area contributed by atoms with Crippen LogP contribution in [0.25, 0.3) is 0 Å². The fraction of sp³-hybridized carbons (Fsp3) is 0.588. The molecule has 1 heterocycles. The summed E-state index contributed by atoms with van der Waals surface area (Å²) in [5.41, 5.74) is -0.635. The summed E-state index contributed by atoms with van der Waals surface area (Å²) in [6.07, 6.45) is 1.71. The molecule has 2 rings (SSSR count). The van der Waals surface area contributed by atoms with Crippen LogP contribution in [0.2, 0.25) is 0 Å². The van der Waals surface area contributed by atoms with E-state index in [-0.39, 0.29) is 24.0 Å². The summed E-state index contributed by atoms with van der Waals surface area (Å²) < 4.78 is 5.66. The minimum atomic E-state index is -0.635. The zero-order valence-electron chi connectivity index (χ0n) is 14.2. The molecule has 0 radical (unpaired) electrons. The maximum Gasteiger partial charge on any atom is 0.191 e. The van der Waals surface area contributed by atoms with Gasteiger partial charge in [-0.15, -0.1) is 24.0 Å². The molecule has 3 N–H and O–H groups in total. The molecular formula is C17H28IN3O2S.